The molecule has 0 saturated heterocycles. The van der Waals surface area contributed by atoms with Crippen molar-refractivity contribution in [2.24, 2.45) is 50.2 Å². The van der Waals surface area contributed by atoms with Crippen molar-refractivity contribution in [2.45, 2.75) is 113 Å². The third kappa shape index (κ3) is 2.86. The first-order valence-electron chi connectivity index (χ1n) is 13.6. The number of carboxylic acids is 1. The van der Waals surface area contributed by atoms with Crippen LogP contribution in [0.5, 0.6) is 0 Å². The van der Waals surface area contributed by atoms with Gasteiger partial charge in [-0.2, -0.15) is 0 Å². The zero-order valence-corrected chi connectivity index (χ0v) is 22.1. The van der Waals surface area contributed by atoms with E-state index < -0.39 is 11.4 Å². The maximum Gasteiger partial charge on any atom is 0.309 e. The van der Waals surface area contributed by atoms with Crippen LogP contribution >= 0.6 is 0 Å². The van der Waals surface area contributed by atoms with Crippen LogP contribution in [-0.4, -0.2) is 16.9 Å². The van der Waals surface area contributed by atoms with Crippen molar-refractivity contribution >= 4 is 11.8 Å². The smallest absolute Gasteiger partial charge is 0.309 e. The third-order valence-corrected chi connectivity index (χ3v) is 12.8. The van der Waals surface area contributed by atoms with Gasteiger partial charge in [-0.3, -0.25) is 9.59 Å². The minimum Gasteiger partial charge on any atom is -0.481 e. The fourth-order valence-electron chi connectivity index (χ4n) is 10.7. The van der Waals surface area contributed by atoms with Gasteiger partial charge >= 0.3 is 5.97 Å². The van der Waals surface area contributed by atoms with Crippen molar-refractivity contribution < 1.29 is 14.7 Å². The topological polar surface area (TPSA) is 54.4 Å². The number of fused-ring (bicyclic) bond motifs is 7. The average molecular weight is 455 g/mol. The predicted octanol–water partition coefficient (Wildman–Crippen LogP) is 7.44. The summed E-state index contributed by atoms with van der Waals surface area (Å²) in [5.41, 5.74) is 1.57. The van der Waals surface area contributed by atoms with Crippen molar-refractivity contribution in [2.75, 3.05) is 0 Å². The second-order valence-electron chi connectivity index (χ2n) is 14.8. The molecule has 0 amide bonds. The summed E-state index contributed by atoms with van der Waals surface area (Å²) in [6, 6.07) is 0. The molecule has 33 heavy (non-hydrogen) atoms. The molecular weight excluding hydrogens is 408 g/mol. The zero-order chi connectivity index (χ0) is 24.2. The molecule has 1 N–H and O–H groups in total. The van der Waals surface area contributed by atoms with E-state index in [0.29, 0.717) is 23.5 Å². The summed E-state index contributed by atoms with van der Waals surface area (Å²) in [6.45, 7) is 16.4. The van der Waals surface area contributed by atoms with Crippen LogP contribution in [0.4, 0.5) is 0 Å². The van der Waals surface area contributed by atoms with Crippen molar-refractivity contribution in [3.8, 4) is 0 Å². The number of carbonyl (C=O) groups is 2. The highest BCUT2D eigenvalue weighted by Gasteiger charge is 2.67. The van der Waals surface area contributed by atoms with E-state index in [9.17, 15) is 14.7 Å². The summed E-state index contributed by atoms with van der Waals surface area (Å²) < 4.78 is 0. The Morgan fingerprint density at radius 2 is 1.45 bits per heavy atom. The first-order valence-corrected chi connectivity index (χ1v) is 13.6. The fourth-order valence-corrected chi connectivity index (χ4v) is 10.7. The van der Waals surface area contributed by atoms with Crippen LogP contribution in [0.3, 0.4) is 0 Å². The van der Waals surface area contributed by atoms with Crippen molar-refractivity contribution in [1.29, 1.82) is 0 Å². The lowest BCUT2D eigenvalue weighted by atomic mass is 9.35. The molecule has 5 aliphatic rings. The number of ketones is 1. The lowest BCUT2D eigenvalue weighted by molar-refractivity contribution is -0.172. The van der Waals surface area contributed by atoms with E-state index in [0.717, 1.165) is 44.9 Å². The molecule has 0 aliphatic heterocycles. The molecule has 0 spiro atoms. The van der Waals surface area contributed by atoms with Gasteiger partial charge in [-0.1, -0.05) is 53.2 Å². The fraction of sp³-hybridized carbons (Fsp3) is 0.867. The third-order valence-electron chi connectivity index (χ3n) is 12.8. The Morgan fingerprint density at radius 1 is 0.848 bits per heavy atom. The van der Waals surface area contributed by atoms with Gasteiger partial charge in [-0.25, -0.2) is 0 Å². The highest BCUT2D eigenvalue weighted by Crippen LogP contribution is 2.74. The molecular formula is C30H46O3. The first-order chi connectivity index (χ1) is 15.1. The molecule has 0 aromatic rings. The summed E-state index contributed by atoms with van der Waals surface area (Å²) in [4.78, 5) is 25.1. The van der Waals surface area contributed by atoms with Crippen LogP contribution in [0.15, 0.2) is 11.6 Å². The van der Waals surface area contributed by atoms with E-state index in [4.69, 9.17) is 0 Å². The van der Waals surface area contributed by atoms with Crippen LogP contribution in [0.25, 0.3) is 0 Å². The number of hydrogen-bond donors (Lipinski definition) is 1. The standard InChI is InChI=1S/C30H46O3/c1-25(2)19-9-13-29(6)20-8-12-26(3)16-17-27(4,24(32)33)18-22(26)30(20,7)14-10-21(29)28(19,5)15-11-23(25)31/h8,19,21-22H,9-18H2,1-7H3,(H,32,33). The number of carbonyl (C=O) groups excluding carboxylic acids is 1. The molecule has 0 radical (unpaired) electrons. The quantitative estimate of drug-likeness (QED) is 0.419. The molecule has 0 heterocycles. The van der Waals surface area contributed by atoms with E-state index in [1.165, 1.54) is 19.3 Å². The molecule has 8 unspecified atom stereocenters. The van der Waals surface area contributed by atoms with E-state index in [-0.39, 0.29) is 27.1 Å². The van der Waals surface area contributed by atoms with Gasteiger partial charge in [0.2, 0.25) is 0 Å². The van der Waals surface area contributed by atoms with Gasteiger partial charge in [-0.05, 0) is 104 Å². The Balaban J connectivity index is 1.56. The average Bonchev–Trinajstić information content (AvgIpc) is 2.71. The van der Waals surface area contributed by atoms with E-state index in [1.807, 2.05) is 6.92 Å². The Kier molecular flexibility index (Phi) is 4.83. The van der Waals surface area contributed by atoms with Gasteiger partial charge in [0.15, 0.2) is 0 Å². The molecule has 3 heteroatoms. The highest BCUT2D eigenvalue weighted by molar-refractivity contribution is 5.85. The number of rotatable bonds is 1. The number of aliphatic carboxylic acids is 1. The summed E-state index contributed by atoms with van der Waals surface area (Å²) in [5, 5.41) is 10.1. The van der Waals surface area contributed by atoms with Crippen molar-refractivity contribution in [3.05, 3.63) is 11.6 Å². The van der Waals surface area contributed by atoms with Gasteiger partial charge in [0.25, 0.3) is 0 Å². The second kappa shape index (κ2) is 6.76. The number of allylic oxidation sites excluding steroid dienone is 2. The molecule has 5 rings (SSSR count). The Labute approximate surface area is 201 Å². The van der Waals surface area contributed by atoms with E-state index in [2.05, 4.69) is 47.6 Å². The molecule has 4 saturated carbocycles. The molecule has 0 aromatic heterocycles. The van der Waals surface area contributed by atoms with Gasteiger partial charge in [0.1, 0.15) is 5.78 Å². The lowest BCUT2D eigenvalue weighted by Crippen LogP contribution is -2.62. The minimum absolute atomic E-state index is 0.0958. The van der Waals surface area contributed by atoms with Gasteiger partial charge in [0, 0.05) is 11.8 Å². The van der Waals surface area contributed by atoms with Crippen LogP contribution in [-0.2, 0) is 9.59 Å². The van der Waals surface area contributed by atoms with E-state index in [1.54, 1.807) is 5.57 Å². The van der Waals surface area contributed by atoms with Gasteiger partial charge in [0.05, 0.1) is 5.41 Å². The summed E-state index contributed by atoms with van der Waals surface area (Å²) in [7, 11) is 0. The highest BCUT2D eigenvalue weighted by atomic mass is 16.4. The minimum atomic E-state index is -0.605. The molecule has 3 nitrogen and oxygen atoms in total. The Bertz CT molecular complexity index is 931. The molecule has 0 bridgehead atoms. The number of hydrogen-bond acceptors (Lipinski definition) is 2. The lowest BCUT2D eigenvalue weighted by Gasteiger charge is -2.69. The molecule has 8 atom stereocenters. The number of carboxylic acid groups (broad SMARTS) is 1. The second-order valence-corrected chi connectivity index (χ2v) is 14.8. The largest absolute Gasteiger partial charge is 0.481 e. The zero-order valence-electron chi connectivity index (χ0n) is 22.1. The molecule has 4 fully saturated rings. The summed E-state index contributed by atoms with van der Waals surface area (Å²) in [6.07, 6.45) is 12.9. The SMILES string of the molecule is CC1(C(=O)O)CCC2(C)CC=C3C(C)(CCC4C3(C)CCC3C(C)(C)C(=O)CCC34C)C2C1. The van der Waals surface area contributed by atoms with Crippen molar-refractivity contribution in [3.63, 3.8) is 0 Å². The summed E-state index contributed by atoms with van der Waals surface area (Å²) in [5.74, 6) is 1.40. The molecule has 184 valence electrons. The predicted molar refractivity (Wildman–Crippen MR) is 132 cm³/mol. The van der Waals surface area contributed by atoms with Crippen LogP contribution in [0, 0.1) is 50.2 Å². The van der Waals surface area contributed by atoms with Crippen LogP contribution < -0.4 is 0 Å². The monoisotopic (exact) mass is 454 g/mol. The molecule has 0 aromatic carbocycles. The Hall–Kier alpha value is -1.12. The van der Waals surface area contributed by atoms with Gasteiger partial charge < -0.3 is 5.11 Å². The Morgan fingerprint density at radius 3 is 2.09 bits per heavy atom. The molecule has 5 aliphatic carbocycles. The maximum absolute atomic E-state index is 12.9. The van der Waals surface area contributed by atoms with Gasteiger partial charge in [-0.15, -0.1) is 0 Å². The summed E-state index contributed by atoms with van der Waals surface area (Å²) >= 11 is 0. The number of Topliss-reactive ketones (excluding diaryl/α,β-unsaturated/α-hetero) is 1. The van der Waals surface area contributed by atoms with Crippen molar-refractivity contribution in [1.82, 2.24) is 0 Å². The first kappa shape index (κ1) is 23.6. The maximum atomic E-state index is 12.9. The van der Waals surface area contributed by atoms with Crippen LogP contribution in [0.1, 0.15) is 113 Å². The normalized spacial score (nSPS) is 53.1. The van der Waals surface area contributed by atoms with E-state index >= 15 is 0 Å². The van der Waals surface area contributed by atoms with Crippen LogP contribution in [0.2, 0.25) is 0 Å².